The molecule has 1 aromatic rings. The summed E-state index contributed by atoms with van der Waals surface area (Å²) in [5, 5.41) is 4.03. The topological polar surface area (TPSA) is 21.3 Å². The van der Waals surface area contributed by atoms with Crippen molar-refractivity contribution in [3.05, 3.63) is 23.2 Å². The van der Waals surface area contributed by atoms with Crippen LogP contribution in [-0.4, -0.2) is 12.6 Å². The van der Waals surface area contributed by atoms with Gasteiger partial charge in [-0.15, -0.1) is 0 Å². The third-order valence-electron chi connectivity index (χ3n) is 2.27. The number of rotatable bonds is 5. The second-order valence-corrected chi connectivity index (χ2v) is 3.91. The second-order valence-electron chi connectivity index (χ2n) is 3.50. The van der Waals surface area contributed by atoms with E-state index in [4.69, 9.17) is 16.3 Å². The Bertz CT molecular complexity index is 314. The maximum absolute atomic E-state index is 6.07. The molecule has 0 heterocycles. The zero-order chi connectivity index (χ0) is 11.3. The molecule has 0 aromatic heterocycles. The lowest BCUT2D eigenvalue weighted by molar-refractivity contribution is 0.341. The van der Waals surface area contributed by atoms with E-state index >= 15 is 0 Å². The third-order valence-corrected chi connectivity index (χ3v) is 2.57. The van der Waals surface area contributed by atoms with Crippen LogP contribution in [0.25, 0.3) is 0 Å². The number of anilines is 1. The van der Waals surface area contributed by atoms with Gasteiger partial charge in [0.15, 0.2) is 5.75 Å². The van der Waals surface area contributed by atoms with Gasteiger partial charge in [0, 0.05) is 6.04 Å². The normalized spacial score (nSPS) is 12.3. The fourth-order valence-electron chi connectivity index (χ4n) is 1.28. The van der Waals surface area contributed by atoms with Crippen LogP contribution >= 0.6 is 11.6 Å². The second kappa shape index (κ2) is 5.86. The number of hydrogen-bond donors (Lipinski definition) is 1. The zero-order valence-electron chi connectivity index (χ0n) is 9.51. The van der Waals surface area contributed by atoms with Gasteiger partial charge in [0.2, 0.25) is 0 Å². The summed E-state index contributed by atoms with van der Waals surface area (Å²) in [4.78, 5) is 0. The van der Waals surface area contributed by atoms with Crippen molar-refractivity contribution in [3.8, 4) is 5.75 Å². The summed E-state index contributed by atoms with van der Waals surface area (Å²) in [5.74, 6) is 0.752. The number of benzene rings is 1. The highest BCUT2D eigenvalue weighted by molar-refractivity contribution is 6.32. The SMILES string of the molecule is CCOc1c(Cl)cccc1NC(C)CC. The van der Waals surface area contributed by atoms with E-state index in [2.05, 4.69) is 19.2 Å². The summed E-state index contributed by atoms with van der Waals surface area (Å²) in [6.45, 7) is 6.86. The number of para-hydroxylation sites is 1. The Labute approximate surface area is 96.6 Å². The maximum atomic E-state index is 6.07. The predicted molar refractivity (Wildman–Crippen MR) is 66.0 cm³/mol. The molecule has 1 unspecified atom stereocenters. The summed E-state index contributed by atoms with van der Waals surface area (Å²) in [7, 11) is 0. The van der Waals surface area contributed by atoms with Crippen LogP contribution < -0.4 is 10.1 Å². The van der Waals surface area contributed by atoms with E-state index in [0.29, 0.717) is 17.7 Å². The number of halogens is 1. The molecule has 1 rings (SSSR count). The molecule has 0 fully saturated rings. The van der Waals surface area contributed by atoms with Gasteiger partial charge in [-0.2, -0.15) is 0 Å². The Morgan fingerprint density at radius 2 is 2.13 bits per heavy atom. The first kappa shape index (κ1) is 12.2. The van der Waals surface area contributed by atoms with Crippen molar-refractivity contribution in [2.45, 2.75) is 33.2 Å². The average molecular weight is 228 g/mol. The summed E-state index contributed by atoms with van der Waals surface area (Å²) >= 11 is 6.07. The maximum Gasteiger partial charge on any atom is 0.160 e. The highest BCUT2D eigenvalue weighted by Crippen LogP contribution is 2.33. The number of hydrogen-bond acceptors (Lipinski definition) is 2. The van der Waals surface area contributed by atoms with Crippen LogP contribution in [0.3, 0.4) is 0 Å². The zero-order valence-corrected chi connectivity index (χ0v) is 10.3. The van der Waals surface area contributed by atoms with Gasteiger partial charge in [0.05, 0.1) is 17.3 Å². The third kappa shape index (κ3) is 3.31. The van der Waals surface area contributed by atoms with Crippen LogP contribution in [-0.2, 0) is 0 Å². The fraction of sp³-hybridized carbons (Fsp3) is 0.500. The van der Waals surface area contributed by atoms with Crippen molar-refractivity contribution in [2.75, 3.05) is 11.9 Å². The first-order valence-electron chi connectivity index (χ1n) is 5.36. The highest BCUT2D eigenvalue weighted by Gasteiger charge is 2.09. The molecule has 0 aliphatic rings. The van der Waals surface area contributed by atoms with E-state index in [1.54, 1.807) is 0 Å². The molecular formula is C12H18ClNO. The van der Waals surface area contributed by atoms with Gasteiger partial charge in [-0.25, -0.2) is 0 Å². The van der Waals surface area contributed by atoms with Crippen LogP contribution in [0.4, 0.5) is 5.69 Å². The van der Waals surface area contributed by atoms with Crippen LogP contribution in [0.15, 0.2) is 18.2 Å². The van der Waals surface area contributed by atoms with Crippen LogP contribution in [0.1, 0.15) is 27.2 Å². The molecule has 0 amide bonds. The molecule has 0 aliphatic heterocycles. The summed E-state index contributed by atoms with van der Waals surface area (Å²) < 4.78 is 5.52. The summed E-state index contributed by atoms with van der Waals surface area (Å²) in [6, 6.07) is 6.18. The molecule has 0 bridgehead atoms. The number of nitrogens with one attached hydrogen (secondary N) is 1. The molecule has 0 radical (unpaired) electrons. The highest BCUT2D eigenvalue weighted by atomic mass is 35.5. The molecule has 84 valence electrons. The minimum atomic E-state index is 0.419. The van der Waals surface area contributed by atoms with Gasteiger partial charge in [0.1, 0.15) is 0 Å². The Morgan fingerprint density at radius 1 is 1.40 bits per heavy atom. The van der Waals surface area contributed by atoms with Gasteiger partial charge >= 0.3 is 0 Å². The van der Waals surface area contributed by atoms with E-state index in [-0.39, 0.29) is 0 Å². The number of ether oxygens (including phenoxy) is 1. The molecular weight excluding hydrogens is 210 g/mol. The summed E-state index contributed by atoms with van der Waals surface area (Å²) in [6.07, 6.45) is 1.07. The lowest BCUT2D eigenvalue weighted by Gasteiger charge is -2.17. The van der Waals surface area contributed by atoms with Gasteiger partial charge in [-0.1, -0.05) is 24.6 Å². The van der Waals surface area contributed by atoms with Gasteiger partial charge in [0.25, 0.3) is 0 Å². The minimum Gasteiger partial charge on any atom is -0.490 e. The predicted octanol–water partition coefficient (Wildman–Crippen LogP) is 3.95. The van der Waals surface area contributed by atoms with Crippen molar-refractivity contribution in [1.82, 2.24) is 0 Å². The van der Waals surface area contributed by atoms with Crippen LogP contribution in [0.2, 0.25) is 5.02 Å². The molecule has 1 N–H and O–H groups in total. The Morgan fingerprint density at radius 3 is 2.73 bits per heavy atom. The van der Waals surface area contributed by atoms with Gasteiger partial charge < -0.3 is 10.1 Å². The Hall–Kier alpha value is -0.890. The Balaban J connectivity index is 2.89. The van der Waals surface area contributed by atoms with Gasteiger partial charge in [-0.3, -0.25) is 0 Å². The van der Waals surface area contributed by atoms with E-state index < -0.39 is 0 Å². The summed E-state index contributed by atoms with van der Waals surface area (Å²) in [5.41, 5.74) is 0.971. The van der Waals surface area contributed by atoms with Crippen molar-refractivity contribution >= 4 is 17.3 Å². The molecule has 1 aromatic carbocycles. The molecule has 2 nitrogen and oxygen atoms in total. The van der Waals surface area contributed by atoms with Crippen LogP contribution in [0.5, 0.6) is 5.75 Å². The lowest BCUT2D eigenvalue weighted by atomic mass is 10.2. The lowest BCUT2D eigenvalue weighted by Crippen LogP contribution is -2.14. The molecule has 3 heteroatoms. The molecule has 15 heavy (non-hydrogen) atoms. The monoisotopic (exact) mass is 227 g/mol. The van der Waals surface area contributed by atoms with Crippen molar-refractivity contribution in [1.29, 1.82) is 0 Å². The van der Waals surface area contributed by atoms with E-state index in [1.165, 1.54) is 0 Å². The smallest absolute Gasteiger partial charge is 0.160 e. The largest absolute Gasteiger partial charge is 0.490 e. The van der Waals surface area contributed by atoms with Crippen molar-refractivity contribution in [2.24, 2.45) is 0 Å². The standard InChI is InChI=1S/C12H18ClNO/c1-4-9(3)14-11-8-6-7-10(13)12(11)15-5-2/h6-9,14H,4-5H2,1-3H3. The first-order valence-corrected chi connectivity index (χ1v) is 5.74. The minimum absolute atomic E-state index is 0.419. The quantitative estimate of drug-likeness (QED) is 0.823. The van der Waals surface area contributed by atoms with Crippen molar-refractivity contribution in [3.63, 3.8) is 0 Å². The molecule has 0 saturated carbocycles. The molecule has 0 saturated heterocycles. The van der Waals surface area contributed by atoms with E-state index in [1.807, 2.05) is 25.1 Å². The molecule has 1 atom stereocenters. The van der Waals surface area contributed by atoms with Gasteiger partial charge in [-0.05, 0) is 32.4 Å². The molecule has 0 spiro atoms. The van der Waals surface area contributed by atoms with E-state index in [9.17, 15) is 0 Å². The molecule has 0 aliphatic carbocycles. The average Bonchev–Trinajstić information content (AvgIpc) is 2.23. The Kier molecular flexibility index (Phi) is 4.76. The first-order chi connectivity index (χ1) is 7.19. The fourth-order valence-corrected chi connectivity index (χ4v) is 1.51. The van der Waals surface area contributed by atoms with E-state index in [0.717, 1.165) is 17.9 Å². The van der Waals surface area contributed by atoms with Crippen molar-refractivity contribution < 1.29 is 4.74 Å². The van der Waals surface area contributed by atoms with Crippen LogP contribution in [0, 0.1) is 0 Å².